The summed E-state index contributed by atoms with van der Waals surface area (Å²) < 4.78 is 0. The number of nitrogens with one attached hydrogen (secondary N) is 1. The van der Waals surface area contributed by atoms with Crippen LogP contribution < -0.4 is 5.32 Å². The summed E-state index contributed by atoms with van der Waals surface area (Å²) in [5.74, 6) is 0.396. The van der Waals surface area contributed by atoms with Crippen LogP contribution in [0.25, 0.3) is 0 Å². The number of carbonyl (C=O) groups is 1. The molecule has 2 rings (SSSR count). The SMILES string of the molecule is CCc1ccc(CC(=O)Nc2cnccn2)cc1. The van der Waals surface area contributed by atoms with E-state index in [0.717, 1.165) is 12.0 Å². The normalized spacial score (nSPS) is 10.1. The zero-order valence-electron chi connectivity index (χ0n) is 10.3. The number of amides is 1. The van der Waals surface area contributed by atoms with E-state index in [4.69, 9.17) is 0 Å². The molecule has 0 radical (unpaired) electrons. The molecule has 0 spiro atoms. The van der Waals surface area contributed by atoms with Gasteiger partial charge < -0.3 is 5.32 Å². The molecule has 92 valence electrons. The van der Waals surface area contributed by atoms with Crippen LogP contribution in [0.2, 0.25) is 0 Å². The van der Waals surface area contributed by atoms with Crippen molar-refractivity contribution in [1.29, 1.82) is 0 Å². The topological polar surface area (TPSA) is 54.9 Å². The van der Waals surface area contributed by atoms with Crippen molar-refractivity contribution in [1.82, 2.24) is 9.97 Å². The van der Waals surface area contributed by atoms with E-state index in [0.29, 0.717) is 12.2 Å². The first-order valence-corrected chi connectivity index (χ1v) is 5.91. The van der Waals surface area contributed by atoms with Crippen LogP contribution in [0.4, 0.5) is 5.82 Å². The van der Waals surface area contributed by atoms with Gasteiger partial charge in [-0.25, -0.2) is 4.98 Å². The quantitative estimate of drug-likeness (QED) is 0.893. The molecule has 0 saturated carbocycles. The molecule has 4 nitrogen and oxygen atoms in total. The fraction of sp³-hybridized carbons (Fsp3) is 0.214. The molecule has 18 heavy (non-hydrogen) atoms. The fourth-order valence-electron chi connectivity index (χ4n) is 1.63. The summed E-state index contributed by atoms with van der Waals surface area (Å²) >= 11 is 0. The Balaban J connectivity index is 1.94. The Bertz CT molecular complexity index is 508. The van der Waals surface area contributed by atoms with Gasteiger partial charge in [0.1, 0.15) is 0 Å². The number of nitrogens with zero attached hydrogens (tertiary/aromatic N) is 2. The molecule has 0 aliphatic heterocycles. The van der Waals surface area contributed by atoms with Gasteiger partial charge in [0.05, 0.1) is 12.6 Å². The lowest BCUT2D eigenvalue weighted by atomic mass is 10.1. The Hall–Kier alpha value is -2.23. The minimum Gasteiger partial charge on any atom is -0.309 e. The molecule has 0 aliphatic rings. The second-order valence-electron chi connectivity index (χ2n) is 3.99. The molecule has 1 amide bonds. The molecule has 0 atom stereocenters. The summed E-state index contributed by atoms with van der Waals surface area (Å²) in [4.78, 5) is 19.6. The van der Waals surface area contributed by atoms with Gasteiger partial charge in [0, 0.05) is 12.4 Å². The molecule has 4 heteroatoms. The zero-order valence-corrected chi connectivity index (χ0v) is 10.3. The van der Waals surface area contributed by atoms with Crippen LogP contribution >= 0.6 is 0 Å². The number of hydrogen-bond acceptors (Lipinski definition) is 3. The van der Waals surface area contributed by atoms with Gasteiger partial charge in [0.2, 0.25) is 5.91 Å². The summed E-state index contributed by atoms with van der Waals surface area (Å²) in [6.45, 7) is 2.11. The second kappa shape index (κ2) is 5.91. The molecule has 1 aromatic carbocycles. The van der Waals surface area contributed by atoms with Gasteiger partial charge in [-0.05, 0) is 17.5 Å². The van der Waals surface area contributed by atoms with Gasteiger partial charge in [-0.1, -0.05) is 31.2 Å². The van der Waals surface area contributed by atoms with Crippen molar-refractivity contribution in [3.05, 3.63) is 54.0 Å². The van der Waals surface area contributed by atoms with Gasteiger partial charge in [-0.3, -0.25) is 9.78 Å². The van der Waals surface area contributed by atoms with Crippen molar-refractivity contribution in [2.24, 2.45) is 0 Å². The maximum absolute atomic E-state index is 11.8. The number of aromatic nitrogens is 2. The van der Waals surface area contributed by atoms with Crippen molar-refractivity contribution >= 4 is 11.7 Å². The fourth-order valence-corrected chi connectivity index (χ4v) is 1.63. The molecular formula is C14H15N3O. The highest BCUT2D eigenvalue weighted by molar-refractivity contribution is 5.91. The average molecular weight is 241 g/mol. The molecule has 0 aliphatic carbocycles. The Morgan fingerprint density at radius 1 is 1.17 bits per heavy atom. The summed E-state index contributed by atoms with van der Waals surface area (Å²) in [7, 11) is 0. The first kappa shape index (κ1) is 12.2. The van der Waals surface area contributed by atoms with Crippen LogP contribution in [0.5, 0.6) is 0 Å². The van der Waals surface area contributed by atoms with Crippen LogP contribution in [0.3, 0.4) is 0 Å². The average Bonchev–Trinajstić information content (AvgIpc) is 2.40. The van der Waals surface area contributed by atoms with Gasteiger partial charge in [-0.2, -0.15) is 0 Å². The number of benzene rings is 1. The Kier molecular flexibility index (Phi) is 4.02. The van der Waals surface area contributed by atoms with Gasteiger partial charge in [0.25, 0.3) is 0 Å². The largest absolute Gasteiger partial charge is 0.309 e. The smallest absolute Gasteiger partial charge is 0.229 e. The number of aryl methyl sites for hydroxylation is 1. The van der Waals surface area contributed by atoms with Crippen molar-refractivity contribution in [3.63, 3.8) is 0 Å². The number of anilines is 1. The summed E-state index contributed by atoms with van der Waals surface area (Å²) in [6, 6.07) is 8.06. The second-order valence-corrected chi connectivity index (χ2v) is 3.99. The number of carbonyl (C=O) groups excluding carboxylic acids is 1. The monoisotopic (exact) mass is 241 g/mol. The maximum atomic E-state index is 11.8. The van der Waals surface area contributed by atoms with Crippen molar-refractivity contribution in [2.75, 3.05) is 5.32 Å². The van der Waals surface area contributed by atoms with Crippen LogP contribution in [-0.4, -0.2) is 15.9 Å². The van der Waals surface area contributed by atoms with Crippen molar-refractivity contribution in [3.8, 4) is 0 Å². The van der Waals surface area contributed by atoms with E-state index in [-0.39, 0.29) is 5.91 Å². The third-order valence-corrected chi connectivity index (χ3v) is 2.63. The molecule has 1 N–H and O–H groups in total. The van der Waals surface area contributed by atoms with E-state index in [2.05, 4.69) is 22.2 Å². The third kappa shape index (κ3) is 3.38. The van der Waals surface area contributed by atoms with E-state index in [1.807, 2.05) is 24.3 Å². The standard InChI is InChI=1S/C14H15N3O/c1-2-11-3-5-12(6-4-11)9-14(18)17-13-10-15-7-8-16-13/h3-8,10H,2,9H2,1H3,(H,16,17,18). The van der Waals surface area contributed by atoms with E-state index >= 15 is 0 Å². The molecule has 1 aromatic heterocycles. The van der Waals surface area contributed by atoms with E-state index in [1.165, 1.54) is 11.8 Å². The molecule has 0 saturated heterocycles. The number of rotatable bonds is 4. The highest BCUT2D eigenvalue weighted by atomic mass is 16.1. The van der Waals surface area contributed by atoms with E-state index in [9.17, 15) is 4.79 Å². The molecule has 0 fully saturated rings. The van der Waals surface area contributed by atoms with Gasteiger partial charge in [-0.15, -0.1) is 0 Å². The summed E-state index contributed by atoms with van der Waals surface area (Å²) in [6.07, 6.45) is 6.00. The lowest BCUT2D eigenvalue weighted by Crippen LogP contribution is -2.15. The lowest BCUT2D eigenvalue weighted by molar-refractivity contribution is -0.115. The third-order valence-electron chi connectivity index (χ3n) is 2.63. The van der Waals surface area contributed by atoms with E-state index in [1.54, 1.807) is 12.4 Å². The first-order valence-electron chi connectivity index (χ1n) is 5.91. The maximum Gasteiger partial charge on any atom is 0.229 e. The Morgan fingerprint density at radius 2 is 1.89 bits per heavy atom. The first-order chi connectivity index (χ1) is 8.78. The Morgan fingerprint density at radius 3 is 2.50 bits per heavy atom. The Labute approximate surface area is 106 Å². The minimum atomic E-state index is -0.0836. The predicted molar refractivity (Wildman–Crippen MR) is 70.2 cm³/mol. The molecule has 0 bridgehead atoms. The number of hydrogen-bond donors (Lipinski definition) is 1. The van der Waals surface area contributed by atoms with Crippen LogP contribution in [0.15, 0.2) is 42.9 Å². The van der Waals surface area contributed by atoms with Gasteiger partial charge >= 0.3 is 0 Å². The highest BCUT2D eigenvalue weighted by Crippen LogP contribution is 2.07. The summed E-state index contributed by atoms with van der Waals surface area (Å²) in [5, 5.41) is 2.71. The van der Waals surface area contributed by atoms with Crippen LogP contribution in [0.1, 0.15) is 18.1 Å². The minimum absolute atomic E-state index is 0.0836. The molecular weight excluding hydrogens is 226 g/mol. The molecule has 1 heterocycles. The van der Waals surface area contributed by atoms with Crippen molar-refractivity contribution in [2.45, 2.75) is 19.8 Å². The van der Waals surface area contributed by atoms with Crippen molar-refractivity contribution < 1.29 is 4.79 Å². The van der Waals surface area contributed by atoms with Gasteiger partial charge in [0.15, 0.2) is 5.82 Å². The molecule has 2 aromatic rings. The van der Waals surface area contributed by atoms with Crippen LogP contribution in [-0.2, 0) is 17.6 Å². The molecule has 0 unspecified atom stereocenters. The highest BCUT2D eigenvalue weighted by Gasteiger charge is 2.04. The predicted octanol–water partition coefficient (Wildman–Crippen LogP) is 2.22. The zero-order chi connectivity index (χ0) is 12.8. The lowest BCUT2D eigenvalue weighted by Gasteiger charge is -2.04. The van der Waals surface area contributed by atoms with Crippen LogP contribution in [0, 0.1) is 0 Å². The van der Waals surface area contributed by atoms with E-state index < -0.39 is 0 Å². The summed E-state index contributed by atoms with van der Waals surface area (Å²) in [5.41, 5.74) is 2.27.